The Bertz CT molecular complexity index is 1920. The summed E-state index contributed by atoms with van der Waals surface area (Å²) in [4.78, 5) is 41.5. The molecule has 0 spiro atoms. The summed E-state index contributed by atoms with van der Waals surface area (Å²) in [6.45, 7) is 6.62. The van der Waals surface area contributed by atoms with Crippen molar-refractivity contribution in [1.29, 1.82) is 0 Å². The van der Waals surface area contributed by atoms with Gasteiger partial charge in [0.05, 0.1) is 58.3 Å². The van der Waals surface area contributed by atoms with Gasteiger partial charge in [-0.3, -0.25) is 24.2 Å². The molecular formula is C34H35ClF3N7O4. The van der Waals surface area contributed by atoms with E-state index in [0.29, 0.717) is 24.0 Å². The van der Waals surface area contributed by atoms with Crippen LogP contribution < -0.4 is 15.0 Å². The number of hydrogen-bond acceptors (Lipinski definition) is 8. The number of pyridine rings is 1. The van der Waals surface area contributed by atoms with E-state index in [1.165, 1.54) is 6.20 Å². The second kappa shape index (κ2) is 13.4. The van der Waals surface area contributed by atoms with Crippen molar-refractivity contribution in [3.8, 4) is 17.0 Å². The number of hydrogen-bond donors (Lipinski definition) is 1. The number of alkyl halides is 2. The van der Waals surface area contributed by atoms with Crippen LogP contribution in [-0.2, 0) is 16.1 Å². The summed E-state index contributed by atoms with van der Waals surface area (Å²) < 4.78 is 53.5. The van der Waals surface area contributed by atoms with Crippen molar-refractivity contribution < 1.29 is 32.2 Å². The van der Waals surface area contributed by atoms with Crippen LogP contribution >= 0.6 is 11.6 Å². The SMILES string of the molecule is Cc1cc(C(C)n2cc(NC(=O)c3nc(-c4c(OC(F)F)ccc(Cl)c4F)cnc3COC(C)(C)C)cn2)cnc1N1C[C@H]2CC[C@H]2C1=O. The van der Waals surface area contributed by atoms with Gasteiger partial charge in [0, 0.05) is 24.9 Å². The summed E-state index contributed by atoms with van der Waals surface area (Å²) in [6.07, 6.45) is 7.95. The zero-order chi connectivity index (χ0) is 35.2. The second-order valence-corrected chi connectivity index (χ2v) is 13.6. The fourth-order valence-corrected chi connectivity index (χ4v) is 6.12. The lowest BCUT2D eigenvalue weighted by Crippen LogP contribution is -2.29. The van der Waals surface area contributed by atoms with E-state index < -0.39 is 35.2 Å². The monoisotopic (exact) mass is 697 g/mol. The van der Waals surface area contributed by atoms with Crippen LogP contribution in [0.5, 0.6) is 5.75 Å². The highest BCUT2D eigenvalue weighted by atomic mass is 35.5. The molecule has 1 saturated carbocycles. The lowest BCUT2D eigenvalue weighted by atomic mass is 9.76. The van der Waals surface area contributed by atoms with E-state index in [9.17, 15) is 18.4 Å². The van der Waals surface area contributed by atoms with Gasteiger partial charge in [-0.2, -0.15) is 13.9 Å². The Hall–Kier alpha value is -4.56. The van der Waals surface area contributed by atoms with Crippen LogP contribution in [-0.4, -0.2) is 55.3 Å². The van der Waals surface area contributed by atoms with Gasteiger partial charge >= 0.3 is 6.61 Å². The second-order valence-electron chi connectivity index (χ2n) is 13.2. The molecule has 49 heavy (non-hydrogen) atoms. The molecule has 2 fully saturated rings. The zero-order valence-corrected chi connectivity index (χ0v) is 28.3. The average Bonchev–Trinajstić information content (AvgIpc) is 3.57. The van der Waals surface area contributed by atoms with E-state index in [4.69, 9.17) is 16.3 Å². The van der Waals surface area contributed by atoms with Gasteiger partial charge < -0.3 is 14.8 Å². The van der Waals surface area contributed by atoms with Crippen LogP contribution in [0.3, 0.4) is 0 Å². The Morgan fingerprint density at radius 1 is 1.16 bits per heavy atom. The van der Waals surface area contributed by atoms with Crippen LogP contribution in [0.4, 0.5) is 24.7 Å². The minimum Gasteiger partial charge on any atom is -0.434 e. The predicted octanol–water partition coefficient (Wildman–Crippen LogP) is 6.99. The first-order chi connectivity index (χ1) is 23.2. The Labute approximate surface area is 285 Å². The summed E-state index contributed by atoms with van der Waals surface area (Å²) >= 11 is 5.96. The molecule has 4 aromatic rings. The molecule has 2 aliphatic rings. The predicted molar refractivity (Wildman–Crippen MR) is 175 cm³/mol. The molecule has 1 aliphatic carbocycles. The minimum absolute atomic E-state index is 0.114. The third-order valence-corrected chi connectivity index (χ3v) is 9.01. The van der Waals surface area contributed by atoms with E-state index in [0.717, 1.165) is 42.3 Å². The molecule has 11 nitrogen and oxygen atoms in total. The van der Waals surface area contributed by atoms with E-state index >= 15 is 4.39 Å². The first-order valence-corrected chi connectivity index (χ1v) is 16.1. The number of benzene rings is 1. The molecule has 0 radical (unpaired) electrons. The normalized spacial score (nSPS) is 18.0. The number of aryl methyl sites for hydroxylation is 1. The van der Waals surface area contributed by atoms with Crippen molar-refractivity contribution >= 4 is 34.9 Å². The first kappa shape index (κ1) is 34.3. The number of nitrogens with one attached hydrogen (secondary N) is 1. The smallest absolute Gasteiger partial charge is 0.387 e. The summed E-state index contributed by atoms with van der Waals surface area (Å²) in [7, 11) is 0. The topological polar surface area (TPSA) is 124 Å². The molecule has 258 valence electrons. The lowest BCUT2D eigenvalue weighted by molar-refractivity contribution is -0.123. The van der Waals surface area contributed by atoms with E-state index in [1.54, 1.807) is 22.0 Å². The fourth-order valence-electron chi connectivity index (χ4n) is 5.96. The van der Waals surface area contributed by atoms with Crippen LogP contribution in [0, 0.1) is 24.6 Å². The van der Waals surface area contributed by atoms with E-state index in [-0.39, 0.29) is 46.6 Å². The number of carbonyl (C=O) groups excluding carboxylic acids is 2. The van der Waals surface area contributed by atoms with Gasteiger partial charge in [-0.15, -0.1) is 0 Å². The minimum atomic E-state index is -3.25. The zero-order valence-electron chi connectivity index (χ0n) is 27.5. The molecule has 4 heterocycles. The van der Waals surface area contributed by atoms with Gasteiger partial charge in [-0.05, 0) is 82.7 Å². The highest BCUT2D eigenvalue weighted by Crippen LogP contribution is 2.43. The number of halogens is 4. The molecule has 3 aromatic heterocycles. The molecular weight excluding hydrogens is 663 g/mol. The van der Waals surface area contributed by atoms with Crippen molar-refractivity contribution in [1.82, 2.24) is 24.7 Å². The largest absolute Gasteiger partial charge is 0.434 e. The molecule has 1 N–H and O–H groups in total. The Balaban J connectivity index is 1.25. The third-order valence-electron chi connectivity index (χ3n) is 8.72. The molecule has 1 unspecified atom stereocenters. The third kappa shape index (κ3) is 7.11. The van der Waals surface area contributed by atoms with Crippen LogP contribution in [0.1, 0.15) is 73.9 Å². The van der Waals surface area contributed by atoms with Crippen LogP contribution in [0.2, 0.25) is 5.02 Å². The van der Waals surface area contributed by atoms with Crippen molar-refractivity contribution in [2.45, 2.75) is 72.3 Å². The van der Waals surface area contributed by atoms with Crippen LogP contribution in [0.25, 0.3) is 11.3 Å². The molecule has 6 rings (SSSR count). The molecule has 2 amide bonds. The number of ether oxygens (including phenoxy) is 2. The van der Waals surface area contributed by atoms with Gasteiger partial charge in [0.15, 0.2) is 11.5 Å². The number of fused-ring (bicyclic) bond motifs is 1. The summed E-state index contributed by atoms with van der Waals surface area (Å²) in [5, 5.41) is 6.80. The van der Waals surface area contributed by atoms with Crippen LogP contribution in [0.15, 0.2) is 43.0 Å². The number of carbonyl (C=O) groups is 2. The van der Waals surface area contributed by atoms with Gasteiger partial charge in [-0.25, -0.2) is 14.4 Å². The summed E-state index contributed by atoms with van der Waals surface area (Å²) in [5.41, 5.74) is 0.616. The van der Waals surface area contributed by atoms with Crippen molar-refractivity contribution in [3.05, 3.63) is 76.3 Å². The maximum atomic E-state index is 15.2. The van der Waals surface area contributed by atoms with Crippen molar-refractivity contribution in [2.75, 3.05) is 16.8 Å². The number of nitrogens with zero attached hydrogens (tertiary/aromatic N) is 6. The molecule has 1 aromatic carbocycles. The molecule has 0 bridgehead atoms. The number of aromatic nitrogens is 5. The maximum absolute atomic E-state index is 15.2. The quantitative estimate of drug-likeness (QED) is 0.188. The first-order valence-electron chi connectivity index (χ1n) is 15.8. The summed E-state index contributed by atoms with van der Waals surface area (Å²) in [6, 6.07) is 3.85. The van der Waals surface area contributed by atoms with Gasteiger partial charge in [0.25, 0.3) is 5.91 Å². The van der Waals surface area contributed by atoms with Gasteiger partial charge in [0.2, 0.25) is 5.91 Å². The highest BCUT2D eigenvalue weighted by molar-refractivity contribution is 6.31. The highest BCUT2D eigenvalue weighted by Gasteiger charge is 2.47. The number of rotatable bonds is 10. The Kier molecular flexibility index (Phi) is 9.38. The van der Waals surface area contributed by atoms with Gasteiger partial charge in [-0.1, -0.05) is 11.6 Å². The Morgan fingerprint density at radius 3 is 2.57 bits per heavy atom. The van der Waals surface area contributed by atoms with Crippen molar-refractivity contribution in [2.24, 2.45) is 11.8 Å². The Morgan fingerprint density at radius 2 is 1.94 bits per heavy atom. The average molecular weight is 698 g/mol. The standard InChI is InChI=1S/C34H35ClF3N7O4/c1-17-10-20(11-40-30(17)44-14-19-6-7-22(19)32(44)47)18(2)45-15-21(12-41-45)42-31(46)29-25(16-48-34(3,4)5)39-13-24(43-29)27-26(49-33(37)38)9-8-23(35)28(27)36/h8-13,15,18-19,22,33H,6-7,14,16H2,1-5H3,(H,42,46)/t18?,19-,22-/m1/s1. The number of amides is 2. The lowest BCUT2D eigenvalue weighted by Gasteiger charge is -2.25. The molecule has 15 heteroatoms. The summed E-state index contributed by atoms with van der Waals surface area (Å²) in [5.74, 6) is -0.973. The van der Waals surface area contributed by atoms with Gasteiger partial charge in [0.1, 0.15) is 11.6 Å². The number of anilines is 2. The van der Waals surface area contributed by atoms with E-state index in [1.807, 2.05) is 40.7 Å². The molecule has 1 aliphatic heterocycles. The molecule has 1 saturated heterocycles. The maximum Gasteiger partial charge on any atom is 0.387 e. The fraction of sp³-hybridized carbons (Fsp3) is 0.412. The van der Waals surface area contributed by atoms with E-state index in [2.05, 4.69) is 30.1 Å². The molecule has 3 atom stereocenters. The van der Waals surface area contributed by atoms with Crippen molar-refractivity contribution in [3.63, 3.8) is 0 Å².